The van der Waals surface area contributed by atoms with Gasteiger partial charge in [-0.3, -0.25) is 9.59 Å². The van der Waals surface area contributed by atoms with Crippen LogP contribution < -0.4 is 30.0 Å². The molecule has 0 radical (unpaired) electrons. The summed E-state index contributed by atoms with van der Waals surface area (Å²) in [5.74, 6) is -1.91. The standard InChI is InChI=1S/C27H26N2O7/c1-34-21-15-17(16-22(35-2)24(21)36-3)14-20(28-25(30)19-12-8-5-9-13-19)26(31)29-23(27(32)33)18-10-6-4-7-11-18/h4-16,23H,1-3H3,(H,28,30)(H,29,31)(H,32,33)/p-1/b20-14-/t23-/m1/s1. The third kappa shape index (κ3) is 6.20. The normalized spacial score (nSPS) is 11.7. The lowest BCUT2D eigenvalue weighted by molar-refractivity contribution is -0.308. The Hall–Kier alpha value is -4.79. The Balaban J connectivity index is 2.03. The highest BCUT2D eigenvalue weighted by Crippen LogP contribution is 2.38. The molecule has 9 nitrogen and oxygen atoms in total. The fourth-order valence-corrected chi connectivity index (χ4v) is 3.43. The van der Waals surface area contributed by atoms with E-state index in [0.717, 1.165) is 0 Å². The average Bonchev–Trinajstić information content (AvgIpc) is 2.91. The Kier molecular flexibility index (Phi) is 8.66. The highest BCUT2D eigenvalue weighted by Gasteiger charge is 2.21. The van der Waals surface area contributed by atoms with Gasteiger partial charge in [-0.15, -0.1) is 0 Å². The van der Waals surface area contributed by atoms with Crippen molar-refractivity contribution in [3.05, 3.63) is 95.2 Å². The first-order chi connectivity index (χ1) is 17.4. The van der Waals surface area contributed by atoms with E-state index in [9.17, 15) is 19.5 Å². The second kappa shape index (κ2) is 12.1. The molecule has 0 aliphatic heterocycles. The van der Waals surface area contributed by atoms with Crippen LogP contribution in [0.2, 0.25) is 0 Å². The van der Waals surface area contributed by atoms with Gasteiger partial charge in [0, 0.05) is 5.56 Å². The fraction of sp³-hybridized carbons (Fsp3) is 0.148. The quantitative estimate of drug-likeness (QED) is 0.418. The summed E-state index contributed by atoms with van der Waals surface area (Å²) in [6.45, 7) is 0. The van der Waals surface area contributed by atoms with Crippen molar-refractivity contribution in [2.75, 3.05) is 21.3 Å². The topological polar surface area (TPSA) is 126 Å². The number of amides is 2. The first-order valence-electron chi connectivity index (χ1n) is 10.8. The van der Waals surface area contributed by atoms with Crippen LogP contribution >= 0.6 is 0 Å². The molecular weight excluding hydrogens is 464 g/mol. The van der Waals surface area contributed by atoms with Gasteiger partial charge in [-0.2, -0.15) is 0 Å². The zero-order chi connectivity index (χ0) is 26.1. The molecule has 186 valence electrons. The molecule has 0 heterocycles. The first kappa shape index (κ1) is 25.8. The molecule has 0 fully saturated rings. The van der Waals surface area contributed by atoms with E-state index < -0.39 is 23.8 Å². The molecule has 3 rings (SSSR count). The summed E-state index contributed by atoms with van der Waals surface area (Å²) in [5.41, 5.74) is 0.834. The van der Waals surface area contributed by atoms with E-state index in [1.807, 2.05) is 0 Å². The number of benzene rings is 3. The Morgan fingerprint density at radius 2 is 1.39 bits per heavy atom. The minimum atomic E-state index is -1.50. The first-order valence-corrected chi connectivity index (χ1v) is 10.8. The van der Waals surface area contributed by atoms with Gasteiger partial charge < -0.3 is 34.7 Å². The zero-order valence-corrected chi connectivity index (χ0v) is 19.9. The molecule has 0 aliphatic carbocycles. The molecule has 2 N–H and O–H groups in total. The molecule has 9 heteroatoms. The molecule has 0 unspecified atom stereocenters. The van der Waals surface area contributed by atoms with E-state index >= 15 is 0 Å². The third-order valence-corrected chi connectivity index (χ3v) is 5.17. The number of carboxylic acids is 1. The molecule has 0 aliphatic rings. The van der Waals surface area contributed by atoms with Gasteiger partial charge in [0.25, 0.3) is 11.8 Å². The summed E-state index contributed by atoms with van der Waals surface area (Å²) >= 11 is 0. The van der Waals surface area contributed by atoms with Crippen molar-refractivity contribution in [1.82, 2.24) is 10.6 Å². The highest BCUT2D eigenvalue weighted by molar-refractivity contribution is 6.06. The average molecular weight is 490 g/mol. The monoisotopic (exact) mass is 489 g/mol. The lowest BCUT2D eigenvalue weighted by Crippen LogP contribution is -2.44. The van der Waals surface area contributed by atoms with Crippen molar-refractivity contribution in [3.63, 3.8) is 0 Å². The molecule has 0 aromatic heterocycles. The molecule has 36 heavy (non-hydrogen) atoms. The van der Waals surface area contributed by atoms with Crippen LogP contribution in [-0.2, 0) is 9.59 Å². The van der Waals surface area contributed by atoms with Gasteiger partial charge in [0.1, 0.15) is 5.70 Å². The number of carbonyl (C=O) groups excluding carboxylic acids is 3. The summed E-state index contributed by atoms with van der Waals surface area (Å²) in [7, 11) is 4.35. The molecule has 0 spiro atoms. The van der Waals surface area contributed by atoms with Crippen molar-refractivity contribution < 1.29 is 33.7 Å². The van der Waals surface area contributed by atoms with E-state index in [2.05, 4.69) is 10.6 Å². The van der Waals surface area contributed by atoms with Crippen LogP contribution in [0.3, 0.4) is 0 Å². The summed E-state index contributed by atoms with van der Waals surface area (Å²) in [5, 5.41) is 16.8. The van der Waals surface area contributed by atoms with Crippen molar-refractivity contribution in [2.24, 2.45) is 0 Å². The zero-order valence-electron chi connectivity index (χ0n) is 19.9. The maximum absolute atomic E-state index is 13.3. The van der Waals surface area contributed by atoms with Crippen molar-refractivity contribution >= 4 is 23.9 Å². The molecule has 0 bridgehead atoms. The third-order valence-electron chi connectivity index (χ3n) is 5.17. The number of nitrogens with one attached hydrogen (secondary N) is 2. The van der Waals surface area contributed by atoms with Crippen molar-refractivity contribution in [1.29, 1.82) is 0 Å². The fourth-order valence-electron chi connectivity index (χ4n) is 3.43. The van der Waals surface area contributed by atoms with Gasteiger partial charge in [-0.1, -0.05) is 48.5 Å². The minimum Gasteiger partial charge on any atom is -0.548 e. The minimum absolute atomic E-state index is 0.208. The number of aliphatic carboxylic acids is 1. The lowest BCUT2D eigenvalue weighted by atomic mass is 10.1. The number of carbonyl (C=O) groups is 3. The Bertz CT molecular complexity index is 1230. The smallest absolute Gasteiger partial charge is 0.268 e. The molecule has 0 saturated heterocycles. The van der Waals surface area contributed by atoms with Gasteiger partial charge >= 0.3 is 0 Å². The summed E-state index contributed by atoms with van der Waals surface area (Å²) in [6.07, 6.45) is 1.37. The van der Waals surface area contributed by atoms with Crippen LogP contribution in [0.25, 0.3) is 6.08 Å². The summed E-state index contributed by atoms with van der Waals surface area (Å²) < 4.78 is 16.0. The Labute approximate surface area is 208 Å². The number of rotatable bonds is 10. The molecule has 0 saturated carbocycles. The van der Waals surface area contributed by atoms with Crippen LogP contribution in [0.1, 0.15) is 27.5 Å². The van der Waals surface area contributed by atoms with Crippen LogP contribution in [0.4, 0.5) is 0 Å². The maximum Gasteiger partial charge on any atom is 0.268 e. The van der Waals surface area contributed by atoms with Crippen molar-refractivity contribution in [3.8, 4) is 17.2 Å². The largest absolute Gasteiger partial charge is 0.548 e. The van der Waals surface area contributed by atoms with Crippen LogP contribution in [0.5, 0.6) is 17.2 Å². The van der Waals surface area contributed by atoms with E-state index in [1.54, 1.807) is 72.8 Å². The van der Waals surface area contributed by atoms with E-state index in [4.69, 9.17) is 14.2 Å². The van der Waals surface area contributed by atoms with E-state index in [0.29, 0.717) is 33.9 Å². The second-order valence-electron chi connectivity index (χ2n) is 7.47. The van der Waals surface area contributed by atoms with Gasteiger partial charge in [-0.25, -0.2) is 0 Å². The molecule has 2 amide bonds. The maximum atomic E-state index is 13.3. The van der Waals surface area contributed by atoms with Gasteiger partial charge in [-0.05, 0) is 41.5 Å². The lowest BCUT2D eigenvalue weighted by Gasteiger charge is -2.21. The Morgan fingerprint density at radius 1 is 0.833 bits per heavy atom. The Morgan fingerprint density at radius 3 is 1.89 bits per heavy atom. The molecule has 3 aromatic rings. The molecular formula is C27H25N2O7-. The van der Waals surface area contributed by atoms with Crippen molar-refractivity contribution in [2.45, 2.75) is 6.04 Å². The van der Waals surface area contributed by atoms with Gasteiger partial charge in [0.15, 0.2) is 11.5 Å². The number of hydrogen-bond acceptors (Lipinski definition) is 7. The predicted octanol–water partition coefficient (Wildman–Crippen LogP) is 2.09. The summed E-state index contributed by atoms with van der Waals surface area (Å²) in [4.78, 5) is 37.9. The highest BCUT2D eigenvalue weighted by atomic mass is 16.5. The number of carboxylic acid groups (broad SMARTS) is 1. The van der Waals surface area contributed by atoms with Gasteiger partial charge in [0.2, 0.25) is 5.75 Å². The number of ether oxygens (including phenoxy) is 3. The SMILES string of the molecule is COc1cc(/C=C(\NC(=O)c2ccccc2)C(=O)N[C@@H](C(=O)[O-])c2ccccc2)cc(OC)c1OC. The van der Waals surface area contributed by atoms with Crippen LogP contribution in [-0.4, -0.2) is 39.1 Å². The number of methoxy groups -OCH3 is 3. The summed E-state index contributed by atoms with van der Waals surface area (Å²) in [6, 6.07) is 18.1. The molecule has 1 atom stereocenters. The van der Waals surface area contributed by atoms with Crippen LogP contribution in [0.15, 0.2) is 78.5 Å². The second-order valence-corrected chi connectivity index (χ2v) is 7.47. The number of hydrogen-bond donors (Lipinski definition) is 2. The predicted molar refractivity (Wildman–Crippen MR) is 130 cm³/mol. The van der Waals surface area contributed by atoms with E-state index in [1.165, 1.54) is 27.4 Å². The van der Waals surface area contributed by atoms with E-state index in [-0.39, 0.29) is 5.70 Å². The van der Waals surface area contributed by atoms with Gasteiger partial charge in [0.05, 0.1) is 33.3 Å². The molecule has 3 aromatic carbocycles. The van der Waals surface area contributed by atoms with Crippen LogP contribution in [0, 0.1) is 0 Å².